The van der Waals surface area contributed by atoms with E-state index in [4.69, 9.17) is 0 Å². The van der Waals surface area contributed by atoms with Gasteiger partial charge in [0.2, 0.25) is 0 Å². The summed E-state index contributed by atoms with van der Waals surface area (Å²) in [4.78, 5) is 0. The van der Waals surface area contributed by atoms with E-state index in [0.717, 1.165) is 0 Å². The zero-order chi connectivity index (χ0) is 9.78. The Hall–Kier alpha value is 0.660. The summed E-state index contributed by atoms with van der Waals surface area (Å²) in [6.07, 6.45) is 6.29. The molecule has 0 unspecified atom stereocenters. The predicted molar refractivity (Wildman–Crippen MR) is 68.1 cm³/mol. The Morgan fingerprint density at radius 1 is 1.00 bits per heavy atom. The number of unbranched alkanes of at least 4 members (excludes halogenated alkanes) is 2. The lowest BCUT2D eigenvalue weighted by molar-refractivity contribution is 0.638. The van der Waals surface area contributed by atoms with Crippen LogP contribution in [0.4, 0.5) is 0 Å². The highest BCUT2D eigenvalue weighted by Gasteiger charge is 1.89. The molecule has 0 bridgehead atoms. The van der Waals surface area contributed by atoms with Crippen molar-refractivity contribution in [2.45, 2.75) is 26.2 Å². The number of hydrogen-bond acceptors (Lipinski definition) is 3. The largest absolute Gasteiger partial charge is 0.316 e. The molecule has 0 amide bonds. The fourth-order valence-corrected chi connectivity index (χ4v) is 2.16. The van der Waals surface area contributed by atoms with E-state index < -0.39 is 0 Å². The van der Waals surface area contributed by atoms with Crippen molar-refractivity contribution < 1.29 is 0 Å². The molecule has 3 heteroatoms. The molecule has 0 spiro atoms. The van der Waals surface area contributed by atoms with Gasteiger partial charge in [0.1, 0.15) is 0 Å². The molecule has 0 aromatic rings. The highest BCUT2D eigenvalue weighted by atomic mass is 32.2. The highest BCUT2D eigenvalue weighted by Crippen LogP contribution is 2.01. The third-order valence-electron chi connectivity index (χ3n) is 1.83. The van der Waals surface area contributed by atoms with Crippen molar-refractivity contribution in [3.63, 3.8) is 0 Å². The Labute approximate surface area is 91.8 Å². The van der Waals surface area contributed by atoms with E-state index >= 15 is 0 Å². The van der Waals surface area contributed by atoms with Crippen molar-refractivity contribution in [2.24, 2.45) is 0 Å². The lowest BCUT2D eigenvalue weighted by Crippen LogP contribution is -2.18. The van der Waals surface area contributed by atoms with Gasteiger partial charge < -0.3 is 5.32 Å². The van der Waals surface area contributed by atoms with Crippen molar-refractivity contribution in [3.8, 4) is 0 Å². The summed E-state index contributed by atoms with van der Waals surface area (Å²) in [5.41, 5.74) is 0. The molecule has 1 nitrogen and oxygen atoms in total. The van der Waals surface area contributed by atoms with Crippen LogP contribution in [0.1, 0.15) is 26.2 Å². The first kappa shape index (κ1) is 13.7. The van der Waals surface area contributed by atoms with Crippen molar-refractivity contribution in [1.82, 2.24) is 5.32 Å². The summed E-state index contributed by atoms with van der Waals surface area (Å²) in [6, 6.07) is 0. The average molecular weight is 221 g/mol. The van der Waals surface area contributed by atoms with Crippen LogP contribution in [0.3, 0.4) is 0 Å². The molecule has 0 atom stereocenters. The molecule has 0 radical (unpaired) electrons. The first-order valence-electron chi connectivity index (χ1n) is 5.19. The van der Waals surface area contributed by atoms with Crippen LogP contribution in [0.5, 0.6) is 0 Å². The van der Waals surface area contributed by atoms with Gasteiger partial charge in [0.15, 0.2) is 0 Å². The summed E-state index contributed by atoms with van der Waals surface area (Å²) < 4.78 is 0. The predicted octanol–water partition coefficient (Wildman–Crippen LogP) is 2.86. The van der Waals surface area contributed by atoms with Gasteiger partial charge in [0, 0.05) is 12.3 Å². The maximum absolute atomic E-state index is 3.47. The van der Waals surface area contributed by atoms with E-state index in [0.29, 0.717) is 0 Å². The molecule has 0 heterocycles. The van der Waals surface area contributed by atoms with E-state index in [1.165, 1.54) is 49.6 Å². The quantitative estimate of drug-likeness (QED) is 0.570. The smallest absolute Gasteiger partial charge is 0.00579 e. The van der Waals surface area contributed by atoms with Gasteiger partial charge in [0.25, 0.3) is 0 Å². The minimum absolute atomic E-state index is 1.18. The van der Waals surface area contributed by atoms with E-state index in [9.17, 15) is 0 Å². The van der Waals surface area contributed by atoms with Crippen molar-refractivity contribution in [2.75, 3.05) is 36.6 Å². The standard InChI is InChI=1S/C10H23NS2/c1-3-13-10-8-11-7-5-4-6-9-12-2/h11H,3-10H2,1-2H3. The van der Waals surface area contributed by atoms with Crippen LogP contribution < -0.4 is 5.32 Å². The maximum Gasteiger partial charge on any atom is 0.00579 e. The maximum atomic E-state index is 3.47. The van der Waals surface area contributed by atoms with Crippen LogP contribution in [0.15, 0.2) is 0 Å². The molecule has 0 fully saturated rings. The number of rotatable bonds is 10. The molecule has 0 aliphatic heterocycles. The normalized spacial score (nSPS) is 10.6. The van der Waals surface area contributed by atoms with Crippen LogP contribution in [-0.2, 0) is 0 Å². The molecule has 0 aromatic heterocycles. The summed E-state index contributed by atoms with van der Waals surface area (Å²) in [5.74, 6) is 3.84. The molecule has 0 aliphatic carbocycles. The Morgan fingerprint density at radius 2 is 1.85 bits per heavy atom. The molecular weight excluding hydrogens is 198 g/mol. The summed E-state index contributed by atoms with van der Waals surface area (Å²) in [7, 11) is 0. The van der Waals surface area contributed by atoms with Crippen molar-refractivity contribution >= 4 is 23.5 Å². The first-order chi connectivity index (χ1) is 6.41. The molecule has 0 aliphatic rings. The minimum atomic E-state index is 1.18. The van der Waals surface area contributed by atoms with Crippen molar-refractivity contribution in [1.29, 1.82) is 0 Å². The number of hydrogen-bond donors (Lipinski definition) is 1. The number of thioether (sulfide) groups is 2. The van der Waals surface area contributed by atoms with E-state index in [2.05, 4.69) is 18.5 Å². The van der Waals surface area contributed by atoms with Crippen LogP contribution in [0.2, 0.25) is 0 Å². The Balaban J connectivity index is 2.76. The summed E-state index contributed by atoms with van der Waals surface area (Å²) in [5, 5.41) is 3.47. The second kappa shape index (κ2) is 12.7. The van der Waals surface area contributed by atoms with Gasteiger partial charge in [-0.3, -0.25) is 0 Å². The fraction of sp³-hybridized carbons (Fsp3) is 1.00. The monoisotopic (exact) mass is 221 g/mol. The van der Waals surface area contributed by atoms with Gasteiger partial charge in [-0.05, 0) is 37.1 Å². The lowest BCUT2D eigenvalue weighted by atomic mass is 10.2. The third kappa shape index (κ3) is 12.7. The Kier molecular flexibility index (Phi) is 13.3. The fourth-order valence-electron chi connectivity index (χ4n) is 1.09. The van der Waals surface area contributed by atoms with E-state index in [-0.39, 0.29) is 0 Å². The Morgan fingerprint density at radius 3 is 2.54 bits per heavy atom. The highest BCUT2D eigenvalue weighted by molar-refractivity contribution is 7.99. The zero-order valence-electron chi connectivity index (χ0n) is 8.97. The molecule has 0 aromatic carbocycles. The van der Waals surface area contributed by atoms with E-state index in [1.54, 1.807) is 0 Å². The molecule has 1 N–H and O–H groups in total. The molecule has 0 saturated carbocycles. The van der Waals surface area contributed by atoms with Crippen LogP contribution in [-0.4, -0.2) is 36.6 Å². The zero-order valence-corrected chi connectivity index (χ0v) is 10.6. The topological polar surface area (TPSA) is 12.0 Å². The molecule has 13 heavy (non-hydrogen) atoms. The van der Waals surface area contributed by atoms with Crippen molar-refractivity contribution in [3.05, 3.63) is 0 Å². The number of nitrogens with one attached hydrogen (secondary N) is 1. The Bertz CT molecular complexity index is 79.0. The third-order valence-corrected chi connectivity index (χ3v) is 3.43. The molecule has 0 saturated heterocycles. The molecule has 0 rings (SSSR count). The van der Waals surface area contributed by atoms with Gasteiger partial charge in [-0.2, -0.15) is 23.5 Å². The lowest BCUT2D eigenvalue weighted by Gasteiger charge is -2.03. The van der Waals surface area contributed by atoms with Gasteiger partial charge in [0.05, 0.1) is 0 Å². The summed E-state index contributed by atoms with van der Waals surface area (Å²) >= 11 is 3.97. The van der Waals surface area contributed by atoms with Crippen LogP contribution >= 0.6 is 23.5 Å². The second-order valence-corrected chi connectivity index (χ2v) is 5.38. The first-order valence-corrected chi connectivity index (χ1v) is 7.74. The SMILES string of the molecule is CCSCCNCCCCCSC. The molecular formula is C10H23NS2. The van der Waals surface area contributed by atoms with Gasteiger partial charge in [-0.25, -0.2) is 0 Å². The van der Waals surface area contributed by atoms with Gasteiger partial charge >= 0.3 is 0 Å². The summed E-state index contributed by atoms with van der Waals surface area (Å²) in [6.45, 7) is 4.60. The average Bonchev–Trinajstić information content (AvgIpc) is 2.16. The van der Waals surface area contributed by atoms with Crippen LogP contribution in [0, 0.1) is 0 Å². The minimum Gasteiger partial charge on any atom is -0.316 e. The van der Waals surface area contributed by atoms with Crippen LogP contribution in [0.25, 0.3) is 0 Å². The van der Waals surface area contributed by atoms with Gasteiger partial charge in [-0.1, -0.05) is 13.3 Å². The second-order valence-electron chi connectivity index (χ2n) is 3.00. The van der Waals surface area contributed by atoms with E-state index in [1.807, 2.05) is 23.5 Å². The van der Waals surface area contributed by atoms with Gasteiger partial charge in [-0.15, -0.1) is 0 Å². The molecule has 80 valence electrons.